The van der Waals surface area contributed by atoms with Gasteiger partial charge in [-0.2, -0.15) is 0 Å². The number of halogens is 4. The molecule has 0 radical (unpaired) electrons. The van der Waals surface area contributed by atoms with E-state index >= 15 is 0 Å². The standard InChI is InChI=1S/C15H11F4NO/c16-13-5-4-12(14(17)7-13)9-21-20-8-10-2-1-3-11(6-10)15(18)19/h1-8,15H,9H2. The third kappa shape index (κ3) is 4.30. The van der Waals surface area contributed by atoms with E-state index in [1.54, 1.807) is 6.07 Å². The largest absolute Gasteiger partial charge is 0.391 e. The van der Waals surface area contributed by atoms with E-state index in [2.05, 4.69) is 5.16 Å². The Morgan fingerprint density at radius 3 is 2.62 bits per heavy atom. The number of hydrogen-bond acceptors (Lipinski definition) is 2. The first-order valence-corrected chi connectivity index (χ1v) is 6.03. The summed E-state index contributed by atoms with van der Waals surface area (Å²) in [4.78, 5) is 4.86. The maximum Gasteiger partial charge on any atom is 0.263 e. The van der Waals surface area contributed by atoms with Crippen LogP contribution in [0, 0.1) is 11.6 Å². The highest BCUT2D eigenvalue weighted by Crippen LogP contribution is 2.18. The molecular weight excluding hydrogens is 286 g/mol. The molecule has 0 aliphatic carbocycles. The number of rotatable bonds is 5. The van der Waals surface area contributed by atoms with Crippen molar-refractivity contribution < 1.29 is 22.4 Å². The fourth-order valence-corrected chi connectivity index (χ4v) is 1.62. The molecule has 0 heterocycles. The monoisotopic (exact) mass is 297 g/mol. The van der Waals surface area contributed by atoms with Crippen LogP contribution in [-0.4, -0.2) is 6.21 Å². The summed E-state index contributed by atoms with van der Waals surface area (Å²) in [5, 5.41) is 3.57. The molecule has 0 bridgehead atoms. The zero-order chi connectivity index (χ0) is 15.2. The Labute approximate surface area is 118 Å². The Bertz CT molecular complexity index is 643. The molecular formula is C15H11F4NO. The zero-order valence-corrected chi connectivity index (χ0v) is 10.8. The summed E-state index contributed by atoms with van der Waals surface area (Å²) in [6, 6.07) is 8.73. The van der Waals surface area contributed by atoms with Gasteiger partial charge >= 0.3 is 0 Å². The number of nitrogens with zero attached hydrogens (tertiary/aromatic N) is 1. The molecule has 0 aliphatic rings. The molecule has 0 saturated heterocycles. The van der Waals surface area contributed by atoms with Crippen LogP contribution >= 0.6 is 0 Å². The van der Waals surface area contributed by atoms with Gasteiger partial charge in [0.05, 0.1) is 6.21 Å². The van der Waals surface area contributed by atoms with Crippen molar-refractivity contribution in [3.63, 3.8) is 0 Å². The molecule has 110 valence electrons. The highest BCUT2D eigenvalue weighted by Gasteiger charge is 2.06. The molecule has 0 fully saturated rings. The molecule has 2 rings (SSSR count). The van der Waals surface area contributed by atoms with Crippen LogP contribution in [0.2, 0.25) is 0 Å². The van der Waals surface area contributed by atoms with Gasteiger partial charge in [-0.05, 0) is 23.8 Å². The minimum Gasteiger partial charge on any atom is -0.391 e. The Hall–Kier alpha value is -2.37. The van der Waals surface area contributed by atoms with E-state index in [0.29, 0.717) is 5.56 Å². The molecule has 2 aromatic rings. The van der Waals surface area contributed by atoms with Gasteiger partial charge in [-0.25, -0.2) is 17.6 Å². The van der Waals surface area contributed by atoms with E-state index < -0.39 is 18.1 Å². The second-order valence-electron chi connectivity index (χ2n) is 4.21. The van der Waals surface area contributed by atoms with Crippen molar-refractivity contribution in [1.82, 2.24) is 0 Å². The van der Waals surface area contributed by atoms with Crippen molar-refractivity contribution in [2.45, 2.75) is 13.0 Å². The molecule has 2 nitrogen and oxygen atoms in total. The van der Waals surface area contributed by atoms with Crippen molar-refractivity contribution in [1.29, 1.82) is 0 Å². The Morgan fingerprint density at radius 2 is 1.90 bits per heavy atom. The van der Waals surface area contributed by atoms with Crippen LogP contribution in [0.1, 0.15) is 23.1 Å². The van der Waals surface area contributed by atoms with Crippen LogP contribution in [-0.2, 0) is 11.4 Å². The smallest absolute Gasteiger partial charge is 0.263 e. The van der Waals surface area contributed by atoms with E-state index in [0.717, 1.165) is 12.1 Å². The van der Waals surface area contributed by atoms with Crippen LogP contribution in [0.25, 0.3) is 0 Å². The van der Waals surface area contributed by atoms with Gasteiger partial charge in [0, 0.05) is 17.2 Å². The van der Waals surface area contributed by atoms with Gasteiger partial charge in [0.1, 0.15) is 18.2 Å². The van der Waals surface area contributed by atoms with E-state index in [4.69, 9.17) is 4.84 Å². The van der Waals surface area contributed by atoms with Crippen molar-refractivity contribution in [3.8, 4) is 0 Å². The summed E-state index contributed by atoms with van der Waals surface area (Å²) in [5.74, 6) is -1.41. The lowest BCUT2D eigenvalue weighted by Crippen LogP contribution is -1.94. The molecule has 0 N–H and O–H groups in total. The third-order valence-electron chi connectivity index (χ3n) is 2.67. The number of benzene rings is 2. The lowest BCUT2D eigenvalue weighted by molar-refractivity contribution is 0.129. The van der Waals surface area contributed by atoms with E-state index in [1.807, 2.05) is 0 Å². The Kier molecular flexibility index (Phi) is 4.92. The van der Waals surface area contributed by atoms with Crippen LogP contribution in [0.3, 0.4) is 0 Å². The first-order valence-electron chi connectivity index (χ1n) is 6.03. The minimum absolute atomic E-state index is 0.122. The number of alkyl halides is 2. The third-order valence-corrected chi connectivity index (χ3v) is 2.67. The number of hydrogen-bond donors (Lipinski definition) is 0. The van der Waals surface area contributed by atoms with Gasteiger partial charge in [0.2, 0.25) is 0 Å². The van der Waals surface area contributed by atoms with E-state index in [-0.39, 0.29) is 17.7 Å². The fourth-order valence-electron chi connectivity index (χ4n) is 1.62. The van der Waals surface area contributed by atoms with Crippen LogP contribution in [0.4, 0.5) is 17.6 Å². The molecule has 0 spiro atoms. The maximum absolute atomic E-state index is 13.3. The Morgan fingerprint density at radius 1 is 1.10 bits per heavy atom. The summed E-state index contributed by atoms with van der Waals surface area (Å²) in [6.45, 7) is -0.183. The van der Waals surface area contributed by atoms with E-state index in [9.17, 15) is 17.6 Å². The Balaban J connectivity index is 1.95. The van der Waals surface area contributed by atoms with Crippen molar-refractivity contribution in [3.05, 3.63) is 70.8 Å². The molecule has 0 unspecified atom stereocenters. The van der Waals surface area contributed by atoms with E-state index in [1.165, 1.54) is 30.5 Å². The average molecular weight is 297 g/mol. The topological polar surface area (TPSA) is 21.6 Å². The highest BCUT2D eigenvalue weighted by atomic mass is 19.3. The SMILES string of the molecule is Fc1ccc(CON=Cc2cccc(C(F)F)c2)c(F)c1. The van der Waals surface area contributed by atoms with Gasteiger partial charge in [-0.3, -0.25) is 0 Å². The van der Waals surface area contributed by atoms with Gasteiger partial charge in [-0.15, -0.1) is 0 Å². The second-order valence-corrected chi connectivity index (χ2v) is 4.21. The normalized spacial score (nSPS) is 11.3. The molecule has 0 aliphatic heterocycles. The van der Waals surface area contributed by atoms with Crippen LogP contribution in [0.5, 0.6) is 0 Å². The lowest BCUT2D eigenvalue weighted by Gasteiger charge is -2.02. The summed E-state index contributed by atoms with van der Waals surface area (Å²) in [7, 11) is 0. The molecule has 6 heteroatoms. The second kappa shape index (κ2) is 6.88. The molecule has 0 aromatic heterocycles. The van der Waals surface area contributed by atoms with Gasteiger partial charge in [-0.1, -0.05) is 23.4 Å². The summed E-state index contributed by atoms with van der Waals surface area (Å²) >= 11 is 0. The maximum atomic E-state index is 13.3. The fraction of sp³-hybridized carbons (Fsp3) is 0.133. The van der Waals surface area contributed by atoms with Gasteiger partial charge in [0.15, 0.2) is 0 Å². The molecule has 0 atom stereocenters. The zero-order valence-electron chi connectivity index (χ0n) is 10.8. The summed E-state index contributed by atoms with van der Waals surface area (Å²) in [6.07, 6.45) is -1.32. The van der Waals surface area contributed by atoms with Crippen molar-refractivity contribution in [2.75, 3.05) is 0 Å². The lowest BCUT2D eigenvalue weighted by atomic mass is 10.1. The predicted octanol–water partition coefficient (Wildman–Crippen LogP) is 4.45. The summed E-state index contributed by atoms with van der Waals surface area (Å²) in [5.41, 5.74) is 0.464. The van der Waals surface area contributed by atoms with Crippen LogP contribution < -0.4 is 0 Å². The predicted molar refractivity (Wildman–Crippen MR) is 70.1 cm³/mol. The quantitative estimate of drug-likeness (QED) is 0.454. The summed E-state index contributed by atoms with van der Waals surface area (Å²) < 4.78 is 50.9. The van der Waals surface area contributed by atoms with Crippen molar-refractivity contribution in [2.24, 2.45) is 5.16 Å². The molecule has 2 aromatic carbocycles. The average Bonchev–Trinajstić information content (AvgIpc) is 2.45. The first-order chi connectivity index (χ1) is 10.1. The molecule has 21 heavy (non-hydrogen) atoms. The van der Waals surface area contributed by atoms with Crippen LogP contribution in [0.15, 0.2) is 47.6 Å². The minimum atomic E-state index is -2.56. The van der Waals surface area contributed by atoms with Gasteiger partial charge in [0.25, 0.3) is 6.43 Å². The van der Waals surface area contributed by atoms with Crippen molar-refractivity contribution >= 4 is 6.21 Å². The number of oxime groups is 1. The van der Waals surface area contributed by atoms with Gasteiger partial charge < -0.3 is 4.84 Å². The molecule has 0 amide bonds. The molecule has 0 saturated carbocycles. The first kappa shape index (κ1) is 15.0. The highest BCUT2D eigenvalue weighted by molar-refractivity contribution is 5.79.